The van der Waals surface area contributed by atoms with Gasteiger partial charge in [0, 0.05) is 8.95 Å². The Morgan fingerprint density at radius 3 is 2.45 bits per heavy atom. The lowest BCUT2D eigenvalue weighted by Gasteiger charge is -2.12. The van der Waals surface area contributed by atoms with E-state index in [1.807, 2.05) is 13.0 Å². The van der Waals surface area contributed by atoms with Gasteiger partial charge in [0.15, 0.2) is 18.3 Å². The molecule has 0 atom stereocenters. The van der Waals surface area contributed by atoms with Gasteiger partial charge in [0.05, 0.1) is 5.02 Å². The Labute approximate surface area is 194 Å². The minimum atomic E-state index is -0.516. The lowest BCUT2D eigenvalue weighted by Crippen LogP contribution is -2.50. The van der Waals surface area contributed by atoms with E-state index in [-0.39, 0.29) is 18.3 Å². The number of rotatable bonds is 6. The maximum atomic E-state index is 11.9. The lowest BCUT2D eigenvalue weighted by atomic mass is 10.2. The van der Waals surface area contributed by atoms with Crippen LogP contribution in [-0.4, -0.2) is 30.1 Å². The first kappa shape index (κ1) is 23.4. The van der Waals surface area contributed by atoms with E-state index < -0.39 is 11.8 Å². The van der Waals surface area contributed by atoms with Crippen molar-refractivity contribution < 1.29 is 19.1 Å². The van der Waals surface area contributed by atoms with Crippen LogP contribution in [0.2, 0.25) is 5.02 Å². The molecule has 0 aliphatic heterocycles. The number of halogens is 3. The zero-order valence-electron chi connectivity index (χ0n) is 15.1. The van der Waals surface area contributed by atoms with E-state index in [1.165, 1.54) is 0 Å². The fraction of sp³-hybridized carbons (Fsp3) is 0.167. The summed E-state index contributed by atoms with van der Waals surface area (Å²) in [6.45, 7) is 1.38. The van der Waals surface area contributed by atoms with E-state index >= 15 is 0 Å². The van der Waals surface area contributed by atoms with Crippen LogP contribution in [0.15, 0.2) is 45.3 Å². The summed E-state index contributed by atoms with van der Waals surface area (Å²) in [7, 11) is 0. The summed E-state index contributed by atoms with van der Waals surface area (Å²) in [4.78, 5) is 23.7. The summed E-state index contributed by atoms with van der Waals surface area (Å²) in [6, 6.07) is 10.4. The smallest absolute Gasteiger partial charge is 0.276 e. The van der Waals surface area contributed by atoms with E-state index in [4.69, 9.17) is 33.3 Å². The first-order chi connectivity index (χ1) is 13.7. The minimum absolute atomic E-state index is 0.0895. The van der Waals surface area contributed by atoms with Crippen molar-refractivity contribution in [2.45, 2.75) is 6.92 Å². The summed E-state index contributed by atoms with van der Waals surface area (Å²) in [5, 5.41) is 2.64. The molecule has 0 unspecified atom stereocenters. The minimum Gasteiger partial charge on any atom is -0.484 e. The highest BCUT2D eigenvalue weighted by Crippen LogP contribution is 2.27. The van der Waals surface area contributed by atoms with Crippen molar-refractivity contribution in [3.8, 4) is 11.5 Å². The monoisotopic (exact) mass is 563 g/mol. The molecule has 0 saturated heterocycles. The summed E-state index contributed by atoms with van der Waals surface area (Å²) in [5.41, 5.74) is 5.72. The molecule has 0 aliphatic rings. The Kier molecular flexibility index (Phi) is 9.15. The third-order valence-electron chi connectivity index (χ3n) is 3.32. The Bertz CT molecular complexity index is 930. The second kappa shape index (κ2) is 11.3. The van der Waals surface area contributed by atoms with Gasteiger partial charge in [-0.05, 0) is 61.1 Å². The number of thiocarbonyl (C=S) groups is 1. The van der Waals surface area contributed by atoms with Gasteiger partial charge < -0.3 is 9.47 Å². The molecular formula is C18H16Br2ClN3O4S. The molecule has 3 N–H and O–H groups in total. The second-order valence-electron chi connectivity index (χ2n) is 5.61. The van der Waals surface area contributed by atoms with Crippen molar-refractivity contribution in [2.75, 3.05) is 13.2 Å². The van der Waals surface area contributed by atoms with Crippen LogP contribution in [0.1, 0.15) is 5.56 Å². The van der Waals surface area contributed by atoms with Crippen molar-refractivity contribution in [1.82, 2.24) is 16.2 Å². The van der Waals surface area contributed by atoms with Gasteiger partial charge in [-0.25, -0.2) is 0 Å². The molecule has 0 saturated carbocycles. The summed E-state index contributed by atoms with van der Waals surface area (Å²) in [6.07, 6.45) is 0. The van der Waals surface area contributed by atoms with Crippen LogP contribution in [0.3, 0.4) is 0 Å². The first-order valence-corrected chi connectivity index (χ1v) is 10.5. The van der Waals surface area contributed by atoms with Crippen molar-refractivity contribution in [3.05, 3.63) is 55.9 Å². The zero-order valence-corrected chi connectivity index (χ0v) is 19.8. The number of nitrogens with one attached hydrogen (secondary N) is 3. The molecule has 0 aliphatic carbocycles. The fourth-order valence-electron chi connectivity index (χ4n) is 1.95. The second-order valence-corrected chi connectivity index (χ2v) is 8.20. The van der Waals surface area contributed by atoms with Crippen molar-refractivity contribution in [1.29, 1.82) is 0 Å². The predicted molar refractivity (Wildman–Crippen MR) is 121 cm³/mol. The van der Waals surface area contributed by atoms with Crippen molar-refractivity contribution in [2.24, 2.45) is 0 Å². The molecule has 0 spiro atoms. The highest BCUT2D eigenvalue weighted by Gasteiger charge is 2.09. The van der Waals surface area contributed by atoms with Crippen LogP contribution >= 0.6 is 55.7 Å². The number of hydrogen-bond donors (Lipinski definition) is 3. The number of ether oxygens (including phenoxy) is 2. The number of benzene rings is 2. The van der Waals surface area contributed by atoms with Gasteiger partial charge >= 0.3 is 0 Å². The summed E-state index contributed by atoms with van der Waals surface area (Å²) in [5.74, 6) is -0.0737. The molecule has 0 aromatic heterocycles. The molecule has 0 bridgehead atoms. The molecule has 11 heteroatoms. The zero-order chi connectivity index (χ0) is 21.4. The maximum absolute atomic E-state index is 11.9. The Hall–Kier alpha value is -1.88. The third kappa shape index (κ3) is 8.17. The summed E-state index contributed by atoms with van der Waals surface area (Å²) >= 11 is 17.6. The standard InChI is InChI=1S/C18H16Br2ClN3O4S/c1-10-6-12(3-4-13(10)20)27-9-17(26)23-24-18(29)22-16(25)8-28-15-5-2-11(19)7-14(15)21/h2-7H,8-9H2,1H3,(H,23,26)(H2,22,24,25,29). The summed E-state index contributed by atoms with van der Waals surface area (Å²) < 4.78 is 12.4. The predicted octanol–water partition coefficient (Wildman–Crippen LogP) is 3.65. The number of hydrogen-bond acceptors (Lipinski definition) is 5. The number of carbonyl (C=O) groups is 2. The van der Waals surface area contributed by atoms with E-state index in [0.29, 0.717) is 16.5 Å². The fourth-order valence-corrected chi connectivity index (χ4v) is 3.09. The molecule has 2 amide bonds. The molecule has 0 radical (unpaired) electrons. The lowest BCUT2D eigenvalue weighted by molar-refractivity contribution is -0.124. The number of carbonyl (C=O) groups excluding carboxylic acids is 2. The molecule has 2 aromatic rings. The van der Waals surface area contributed by atoms with Crippen LogP contribution in [0, 0.1) is 6.92 Å². The van der Waals surface area contributed by atoms with Gasteiger partial charge in [0.1, 0.15) is 11.5 Å². The van der Waals surface area contributed by atoms with Gasteiger partial charge in [-0.2, -0.15) is 0 Å². The largest absolute Gasteiger partial charge is 0.484 e. The van der Waals surface area contributed by atoms with Gasteiger partial charge in [0.25, 0.3) is 11.8 Å². The Morgan fingerprint density at radius 1 is 1.03 bits per heavy atom. The van der Waals surface area contributed by atoms with E-state index in [0.717, 1.165) is 14.5 Å². The van der Waals surface area contributed by atoms with E-state index in [9.17, 15) is 9.59 Å². The van der Waals surface area contributed by atoms with Gasteiger partial charge in [-0.15, -0.1) is 0 Å². The molecule has 0 heterocycles. The number of amides is 2. The van der Waals surface area contributed by atoms with E-state index in [1.54, 1.807) is 30.3 Å². The van der Waals surface area contributed by atoms with Gasteiger partial charge in [-0.1, -0.05) is 43.5 Å². The molecular weight excluding hydrogens is 550 g/mol. The maximum Gasteiger partial charge on any atom is 0.276 e. The van der Waals surface area contributed by atoms with Gasteiger partial charge in [0.2, 0.25) is 0 Å². The first-order valence-electron chi connectivity index (χ1n) is 8.10. The van der Waals surface area contributed by atoms with Gasteiger partial charge in [-0.3, -0.25) is 25.8 Å². The normalized spacial score (nSPS) is 10.1. The third-order valence-corrected chi connectivity index (χ3v) is 5.20. The average molecular weight is 566 g/mol. The van der Waals surface area contributed by atoms with E-state index in [2.05, 4.69) is 48.0 Å². The number of aryl methyl sites for hydroxylation is 1. The molecule has 0 fully saturated rings. The quantitative estimate of drug-likeness (QED) is 0.366. The average Bonchev–Trinajstić information content (AvgIpc) is 2.66. The number of hydrazine groups is 1. The molecule has 29 heavy (non-hydrogen) atoms. The Morgan fingerprint density at radius 2 is 1.76 bits per heavy atom. The molecule has 7 nitrogen and oxygen atoms in total. The SMILES string of the molecule is Cc1cc(OCC(=O)NNC(=S)NC(=O)COc2ccc(Br)cc2Cl)ccc1Br. The molecule has 2 rings (SSSR count). The van der Waals surface area contributed by atoms with Crippen LogP contribution < -0.4 is 25.6 Å². The topological polar surface area (TPSA) is 88.7 Å². The molecule has 154 valence electrons. The van der Waals surface area contributed by atoms with Crippen LogP contribution in [-0.2, 0) is 9.59 Å². The highest BCUT2D eigenvalue weighted by molar-refractivity contribution is 9.10. The van der Waals surface area contributed by atoms with Crippen LogP contribution in [0.4, 0.5) is 0 Å². The van der Waals surface area contributed by atoms with Crippen LogP contribution in [0.25, 0.3) is 0 Å². The van der Waals surface area contributed by atoms with Crippen molar-refractivity contribution >= 4 is 72.6 Å². The van der Waals surface area contributed by atoms with Crippen molar-refractivity contribution in [3.63, 3.8) is 0 Å². The van der Waals surface area contributed by atoms with Crippen LogP contribution in [0.5, 0.6) is 11.5 Å². The highest BCUT2D eigenvalue weighted by atomic mass is 79.9. The molecule has 2 aromatic carbocycles. The Balaban J connectivity index is 1.68.